The standard InChI is InChI=1S/C16H32N2O/c1-16(2,3)14-6-5-8-18(9-7-14)10-13-11-19-12-15(13)17-4/h13-15,17H,5-12H2,1-4H3. The number of ether oxygens (including phenoxy) is 1. The van der Waals surface area contributed by atoms with E-state index >= 15 is 0 Å². The summed E-state index contributed by atoms with van der Waals surface area (Å²) in [7, 11) is 2.06. The van der Waals surface area contributed by atoms with Crippen LogP contribution in [0.2, 0.25) is 0 Å². The van der Waals surface area contributed by atoms with Crippen molar-refractivity contribution in [1.29, 1.82) is 0 Å². The first-order valence-corrected chi connectivity index (χ1v) is 7.98. The maximum absolute atomic E-state index is 5.62. The van der Waals surface area contributed by atoms with Gasteiger partial charge in [-0.1, -0.05) is 20.8 Å². The predicted molar refractivity (Wildman–Crippen MR) is 80.4 cm³/mol. The Morgan fingerprint density at radius 2 is 1.95 bits per heavy atom. The topological polar surface area (TPSA) is 24.5 Å². The number of nitrogens with one attached hydrogen (secondary N) is 1. The van der Waals surface area contributed by atoms with Crippen LogP contribution in [0.25, 0.3) is 0 Å². The molecule has 0 aliphatic carbocycles. The van der Waals surface area contributed by atoms with Gasteiger partial charge in [-0.25, -0.2) is 0 Å². The number of likely N-dealkylation sites (tertiary alicyclic amines) is 1. The van der Waals surface area contributed by atoms with Crippen LogP contribution in [0.3, 0.4) is 0 Å². The maximum Gasteiger partial charge on any atom is 0.0623 e. The first kappa shape index (κ1) is 15.3. The van der Waals surface area contributed by atoms with Gasteiger partial charge in [0, 0.05) is 18.5 Å². The van der Waals surface area contributed by atoms with Crippen molar-refractivity contribution in [3.8, 4) is 0 Å². The molecule has 2 heterocycles. The van der Waals surface area contributed by atoms with Crippen LogP contribution >= 0.6 is 0 Å². The third-order valence-corrected chi connectivity index (χ3v) is 5.11. The molecule has 1 N–H and O–H groups in total. The van der Waals surface area contributed by atoms with Crippen LogP contribution in [0.15, 0.2) is 0 Å². The highest BCUT2D eigenvalue weighted by Gasteiger charge is 2.31. The molecule has 19 heavy (non-hydrogen) atoms. The van der Waals surface area contributed by atoms with Gasteiger partial charge in [0.15, 0.2) is 0 Å². The smallest absolute Gasteiger partial charge is 0.0623 e. The Bertz CT molecular complexity index is 274. The number of hydrogen-bond donors (Lipinski definition) is 1. The second-order valence-corrected chi connectivity index (χ2v) is 7.49. The van der Waals surface area contributed by atoms with Crippen LogP contribution < -0.4 is 5.32 Å². The van der Waals surface area contributed by atoms with E-state index in [9.17, 15) is 0 Å². The van der Waals surface area contributed by atoms with Crippen LogP contribution in [0, 0.1) is 17.3 Å². The van der Waals surface area contributed by atoms with Crippen LogP contribution in [-0.2, 0) is 4.74 Å². The Morgan fingerprint density at radius 1 is 1.16 bits per heavy atom. The summed E-state index contributed by atoms with van der Waals surface area (Å²) >= 11 is 0. The van der Waals surface area contributed by atoms with Crippen molar-refractivity contribution in [3.05, 3.63) is 0 Å². The molecule has 0 amide bonds. The van der Waals surface area contributed by atoms with Crippen molar-refractivity contribution in [2.45, 2.75) is 46.1 Å². The first-order valence-electron chi connectivity index (χ1n) is 7.98. The van der Waals surface area contributed by atoms with Crippen LogP contribution in [0.4, 0.5) is 0 Å². The third kappa shape index (κ3) is 4.17. The molecule has 3 atom stereocenters. The fraction of sp³-hybridized carbons (Fsp3) is 1.00. The minimum absolute atomic E-state index is 0.472. The molecule has 0 saturated carbocycles. The molecule has 0 spiro atoms. The Hall–Kier alpha value is -0.120. The highest BCUT2D eigenvalue weighted by atomic mass is 16.5. The van der Waals surface area contributed by atoms with Crippen molar-refractivity contribution in [1.82, 2.24) is 10.2 Å². The van der Waals surface area contributed by atoms with E-state index in [-0.39, 0.29) is 0 Å². The highest BCUT2D eigenvalue weighted by molar-refractivity contribution is 4.85. The Labute approximate surface area is 119 Å². The Morgan fingerprint density at radius 3 is 2.63 bits per heavy atom. The van der Waals surface area contributed by atoms with E-state index in [0.29, 0.717) is 17.4 Å². The molecule has 2 saturated heterocycles. The normalized spacial score (nSPS) is 34.4. The zero-order valence-corrected chi connectivity index (χ0v) is 13.2. The summed E-state index contributed by atoms with van der Waals surface area (Å²) in [5.41, 5.74) is 0.472. The van der Waals surface area contributed by atoms with Crippen molar-refractivity contribution < 1.29 is 4.74 Å². The van der Waals surface area contributed by atoms with E-state index < -0.39 is 0 Å². The summed E-state index contributed by atoms with van der Waals surface area (Å²) in [5, 5.41) is 3.40. The molecule has 0 aromatic heterocycles. The number of rotatable bonds is 3. The zero-order valence-electron chi connectivity index (χ0n) is 13.2. The molecule has 2 aliphatic rings. The molecular weight excluding hydrogens is 236 g/mol. The molecule has 0 radical (unpaired) electrons. The number of likely N-dealkylation sites (N-methyl/N-ethyl adjacent to an activating group) is 1. The maximum atomic E-state index is 5.62. The summed E-state index contributed by atoms with van der Waals surface area (Å²) in [4.78, 5) is 2.68. The first-order chi connectivity index (χ1) is 9.00. The molecule has 0 bridgehead atoms. The van der Waals surface area contributed by atoms with Crippen molar-refractivity contribution >= 4 is 0 Å². The molecular formula is C16H32N2O. The average molecular weight is 268 g/mol. The summed E-state index contributed by atoms with van der Waals surface area (Å²) in [6, 6.07) is 0.557. The average Bonchev–Trinajstić information content (AvgIpc) is 2.63. The molecule has 112 valence electrons. The van der Waals surface area contributed by atoms with E-state index in [1.165, 1.54) is 38.9 Å². The lowest BCUT2D eigenvalue weighted by Gasteiger charge is -2.30. The SMILES string of the molecule is CNC1COCC1CN1CCCC(C(C)(C)C)CC1. The lowest BCUT2D eigenvalue weighted by molar-refractivity contribution is 0.164. The molecule has 2 rings (SSSR count). The van der Waals surface area contributed by atoms with Gasteiger partial charge in [0.05, 0.1) is 13.2 Å². The van der Waals surface area contributed by atoms with E-state index in [2.05, 4.69) is 38.0 Å². The van der Waals surface area contributed by atoms with Crippen molar-refractivity contribution in [3.63, 3.8) is 0 Å². The number of nitrogens with zero attached hydrogens (tertiary/aromatic N) is 1. The summed E-state index contributed by atoms with van der Waals surface area (Å²) < 4.78 is 5.62. The highest BCUT2D eigenvalue weighted by Crippen LogP contribution is 2.34. The van der Waals surface area contributed by atoms with E-state index in [4.69, 9.17) is 4.74 Å². The van der Waals surface area contributed by atoms with Crippen LogP contribution in [0.5, 0.6) is 0 Å². The molecule has 0 aromatic rings. The lowest BCUT2D eigenvalue weighted by Crippen LogP contribution is -2.40. The Balaban J connectivity index is 1.82. The molecule has 2 fully saturated rings. The molecule has 0 aromatic carbocycles. The fourth-order valence-electron chi connectivity index (χ4n) is 3.63. The second kappa shape index (κ2) is 6.55. The monoisotopic (exact) mass is 268 g/mol. The molecule has 3 unspecified atom stereocenters. The van der Waals surface area contributed by atoms with E-state index in [1.54, 1.807) is 0 Å². The van der Waals surface area contributed by atoms with E-state index in [1.807, 2.05) is 0 Å². The van der Waals surface area contributed by atoms with Gasteiger partial charge in [0.1, 0.15) is 0 Å². The summed E-state index contributed by atoms with van der Waals surface area (Å²) in [5.74, 6) is 1.56. The molecule has 2 aliphatic heterocycles. The van der Waals surface area contributed by atoms with Gasteiger partial charge in [-0.2, -0.15) is 0 Å². The van der Waals surface area contributed by atoms with Gasteiger partial charge < -0.3 is 15.0 Å². The quantitative estimate of drug-likeness (QED) is 0.850. The number of hydrogen-bond acceptors (Lipinski definition) is 3. The van der Waals surface area contributed by atoms with Gasteiger partial charge in [-0.15, -0.1) is 0 Å². The van der Waals surface area contributed by atoms with E-state index in [0.717, 1.165) is 19.1 Å². The second-order valence-electron chi connectivity index (χ2n) is 7.49. The lowest BCUT2D eigenvalue weighted by atomic mass is 9.77. The van der Waals surface area contributed by atoms with Crippen molar-refractivity contribution in [2.24, 2.45) is 17.3 Å². The van der Waals surface area contributed by atoms with Gasteiger partial charge in [-0.3, -0.25) is 0 Å². The Kier molecular flexibility index (Phi) is 5.27. The van der Waals surface area contributed by atoms with Gasteiger partial charge >= 0.3 is 0 Å². The van der Waals surface area contributed by atoms with Gasteiger partial charge in [0.2, 0.25) is 0 Å². The third-order valence-electron chi connectivity index (χ3n) is 5.11. The van der Waals surface area contributed by atoms with Gasteiger partial charge in [-0.05, 0) is 50.7 Å². The summed E-state index contributed by atoms with van der Waals surface area (Å²) in [6.07, 6.45) is 4.12. The minimum Gasteiger partial charge on any atom is -0.379 e. The van der Waals surface area contributed by atoms with Crippen LogP contribution in [-0.4, -0.2) is 50.8 Å². The molecule has 3 nitrogen and oxygen atoms in total. The van der Waals surface area contributed by atoms with Crippen molar-refractivity contribution in [2.75, 3.05) is 39.9 Å². The van der Waals surface area contributed by atoms with Crippen LogP contribution in [0.1, 0.15) is 40.0 Å². The summed E-state index contributed by atoms with van der Waals surface area (Å²) in [6.45, 7) is 12.8. The minimum atomic E-state index is 0.472. The fourth-order valence-corrected chi connectivity index (χ4v) is 3.63. The van der Waals surface area contributed by atoms with Gasteiger partial charge in [0.25, 0.3) is 0 Å². The predicted octanol–water partition coefficient (Wildman–Crippen LogP) is 2.37. The zero-order chi connectivity index (χ0) is 13.9. The molecule has 3 heteroatoms. The largest absolute Gasteiger partial charge is 0.379 e.